The van der Waals surface area contributed by atoms with Crippen molar-refractivity contribution in [3.05, 3.63) is 32.6 Å². The van der Waals surface area contributed by atoms with Crippen LogP contribution in [-0.4, -0.2) is 21.3 Å². The molecule has 0 radical (unpaired) electrons. The molecule has 1 aromatic heterocycles. The highest BCUT2D eigenvalue weighted by molar-refractivity contribution is 5.01. The lowest BCUT2D eigenvalue weighted by Gasteiger charge is -2.18. The van der Waals surface area contributed by atoms with Crippen molar-refractivity contribution in [3.63, 3.8) is 0 Å². The van der Waals surface area contributed by atoms with Crippen LogP contribution in [0.3, 0.4) is 0 Å². The highest BCUT2D eigenvalue weighted by Gasteiger charge is 2.27. The third-order valence-corrected chi connectivity index (χ3v) is 3.67. The first-order valence-electron chi connectivity index (χ1n) is 6.03. The summed E-state index contributed by atoms with van der Waals surface area (Å²) in [4.78, 5) is 25.2. The molecule has 5 heteroatoms. The van der Waals surface area contributed by atoms with Crippen LogP contribution < -0.4 is 11.2 Å². The summed E-state index contributed by atoms with van der Waals surface area (Å²) in [5.41, 5.74) is -0.135. The van der Waals surface area contributed by atoms with Crippen LogP contribution in [0.4, 0.5) is 0 Å². The van der Waals surface area contributed by atoms with Crippen molar-refractivity contribution in [1.82, 2.24) is 9.55 Å². The zero-order chi connectivity index (χ0) is 12.4. The van der Waals surface area contributed by atoms with E-state index in [2.05, 4.69) is 4.98 Å². The van der Waals surface area contributed by atoms with Crippen molar-refractivity contribution in [3.8, 4) is 0 Å². The van der Waals surface area contributed by atoms with Crippen LogP contribution in [0, 0.1) is 18.8 Å². The lowest BCUT2D eigenvalue weighted by atomic mass is 9.97. The number of aryl methyl sites for hydroxylation is 1. The number of rotatable bonds is 3. The molecule has 5 nitrogen and oxygen atoms in total. The van der Waals surface area contributed by atoms with E-state index in [4.69, 9.17) is 0 Å². The van der Waals surface area contributed by atoms with Gasteiger partial charge in [-0.15, -0.1) is 0 Å². The van der Waals surface area contributed by atoms with Gasteiger partial charge in [0.15, 0.2) is 0 Å². The van der Waals surface area contributed by atoms with Gasteiger partial charge in [-0.25, -0.2) is 4.79 Å². The number of aromatic amines is 1. The van der Waals surface area contributed by atoms with Gasteiger partial charge in [-0.1, -0.05) is 6.42 Å². The Labute approximate surface area is 99.1 Å². The van der Waals surface area contributed by atoms with E-state index in [9.17, 15) is 14.7 Å². The zero-order valence-corrected chi connectivity index (χ0v) is 9.98. The maximum Gasteiger partial charge on any atom is 0.328 e. The van der Waals surface area contributed by atoms with Gasteiger partial charge >= 0.3 is 5.69 Å². The van der Waals surface area contributed by atoms with E-state index < -0.39 is 0 Å². The van der Waals surface area contributed by atoms with E-state index in [0.29, 0.717) is 18.0 Å². The van der Waals surface area contributed by atoms with Gasteiger partial charge in [0.2, 0.25) is 0 Å². The first-order valence-corrected chi connectivity index (χ1v) is 6.03. The summed E-state index contributed by atoms with van der Waals surface area (Å²) in [6.07, 6.45) is 4.77. The molecule has 2 rings (SSSR count). The van der Waals surface area contributed by atoms with Crippen LogP contribution >= 0.6 is 0 Å². The quantitative estimate of drug-likeness (QED) is 0.792. The number of aliphatic hydroxyl groups is 1. The van der Waals surface area contributed by atoms with Crippen molar-refractivity contribution in [2.75, 3.05) is 6.61 Å². The molecule has 2 N–H and O–H groups in total. The molecule has 0 bridgehead atoms. The van der Waals surface area contributed by atoms with Gasteiger partial charge in [0.25, 0.3) is 5.56 Å². The van der Waals surface area contributed by atoms with Gasteiger partial charge in [-0.3, -0.25) is 9.78 Å². The molecule has 1 heterocycles. The predicted molar refractivity (Wildman–Crippen MR) is 64.0 cm³/mol. The third kappa shape index (κ3) is 2.49. The number of aromatic nitrogens is 2. The number of aliphatic hydroxyl groups excluding tert-OH is 1. The van der Waals surface area contributed by atoms with Gasteiger partial charge in [0.05, 0.1) is 0 Å². The Bertz CT molecular complexity index is 503. The Hall–Kier alpha value is -1.36. The van der Waals surface area contributed by atoms with Crippen LogP contribution in [0.2, 0.25) is 0 Å². The van der Waals surface area contributed by atoms with Gasteiger partial charge in [-0.05, 0) is 31.6 Å². The summed E-state index contributed by atoms with van der Waals surface area (Å²) in [5.74, 6) is 0.622. The zero-order valence-electron chi connectivity index (χ0n) is 9.98. The molecular weight excluding hydrogens is 220 g/mol. The minimum atomic E-state index is -0.357. The predicted octanol–water partition coefficient (Wildman–Crippen LogP) is 0.254. The highest BCUT2D eigenvalue weighted by Crippen LogP contribution is 2.32. The number of H-pyrrole nitrogens is 1. The molecule has 0 aliphatic heterocycles. The second kappa shape index (κ2) is 4.87. The number of nitrogens with zero attached hydrogens (tertiary/aromatic N) is 1. The molecule has 2 atom stereocenters. The first-order chi connectivity index (χ1) is 8.11. The van der Waals surface area contributed by atoms with Crippen molar-refractivity contribution in [2.45, 2.75) is 32.7 Å². The highest BCUT2D eigenvalue weighted by atomic mass is 16.3. The molecule has 1 saturated carbocycles. The third-order valence-electron chi connectivity index (χ3n) is 3.67. The molecule has 1 aromatic rings. The standard InChI is InChI=1S/C12H18N2O3/c1-8-5-14(12(17)13-11(8)16)6-9-3-2-4-10(9)7-15/h5,9-10,15H,2-4,6-7H2,1H3,(H,13,16,17)/t9-,10+/m1/s1. The second-order valence-electron chi connectivity index (χ2n) is 4.86. The molecule has 0 amide bonds. The second-order valence-corrected chi connectivity index (χ2v) is 4.86. The fourth-order valence-electron chi connectivity index (χ4n) is 2.60. The maximum absolute atomic E-state index is 11.6. The molecule has 1 aliphatic carbocycles. The van der Waals surface area contributed by atoms with E-state index >= 15 is 0 Å². The Morgan fingerprint density at radius 1 is 1.41 bits per heavy atom. The Kier molecular flexibility index (Phi) is 3.47. The molecule has 94 valence electrons. The molecule has 1 fully saturated rings. The summed E-state index contributed by atoms with van der Waals surface area (Å²) in [6, 6.07) is 0. The van der Waals surface area contributed by atoms with Crippen LogP contribution in [0.1, 0.15) is 24.8 Å². The number of hydrogen-bond donors (Lipinski definition) is 2. The Balaban J connectivity index is 2.21. The summed E-state index contributed by atoms with van der Waals surface area (Å²) in [5, 5.41) is 9.24. The first kappa shape index (κ1) is 12.1. The fraction of sp³-hybridized carbons (Fsp3) is 0.667. The molecule has 0 spiro atoms. The molecule has 17 heavy (non-hydrogen) atoms. The molecule has 0 unspecified atom stereocenters. The van der Waals surface area contributed by atoms with Gasteiger partial charge in [0, 0.05) is 24.9 Å². The Morgan fingerprint density at radius 2 is 2.12 bits per heavy atom. The fourth-order valence-corrected chi connectivity index (χ4v) is 2.60. The van der Waals surface area contributed by atoms with Crippen molar-refractivity contribution < 1.29 is 5.11 Å². The van der Waals surface area contributed by atoms with Crippen LogP contribution in [0.15, 0.2) is 15.8 Å². The van der Waals surface area contributed by atoms with Crippen molar-refractivity contribution >= 4 is 0 Å². The smallest absolute Gasteiger partial charge is 0.328 e. The monoisotopic (exact) mass is 238 g/mol. The van der Waals surface area contributed by atoms with E-state index in [-0.39, 0.29) is 23.8 Å². The summed E-state index contributed by atoms with van der Waals surface area (Å²) in [7, 11) is 0. The van der Waals surface area contributed by atoms with Crippen LogP contribution in [-0.2, 0) is 6.54 Å². The van der Waals surface area contributed by atoms with Crippen LogP contribution in [0.5, 0.6) is 0 Å². The SMILES string of the molecule is Cc1cn(C[C@H]2CCC[C@H]2CO)c(=O)[nH]c1=O. The average Bonchev–Trinajstić information content (AvgIpc) is 2.73. The molecule has 0 aromatic carbocycles. The maximum atomic E-state index is 11.6. The van der Waals surface area contributed by atoms with E-state index in [1.165, 1.54) is 0 Å². The van der Waals surface area contributed by atoms with Gasteiger partial charge in [0.1, 0.15) is 0 Å². The van der Waals surface area contributed by atoms with Crippen molar-refractivity contribution in [2.24, 2.45) is 11.8 Å². The molecular formula is C12H18N2O3. The molecule has 1 aliphatic rings. The largest absolute Gasteiger partial charge is 0.396 e. The number of hydrogen-bond acceptors (Lipinski definition) is 3. The summed E-state index contributed by atoms with van der Waals surface area (Å²) in [6.45, 7) is 2.45. The van der Waals surface area contributed by atoms with Gasteiger partial charge in [-0.2, -0.15) is 0 Å². The van der Waals surface area contributed by atoms with Gasteiger partial charge < -0.3 is 9.67 Å². The van der Waals surface area contributed by atoms with E-state index in [1.807, 2.05) is 0 Å². The van der Waals surface area contributed by atoms with Crippen molar-refractivity contribution in [1.29, 1.82) is 0 Å². The van der Waals surface area contributed by atoms with E-state index in [1.54, 1.807) is 17.7 Å². The average molecular weight is 238 g/mol. The minimum Gasteiger partial charge on any atom is -0.396 e. The lowest BCUT2D eigenvalue weighted by Crippen LogP contribution is -2.33. The minimum absolute atomic E-state index is 0.182. The summed E-state index contributed by atoms with van der Waals surface area (Å²) < 4.78 is 1.55. The molecule has 0 saturated heterocycles. The Morgan fingerprint density at radius 3 is 2.82 bits per heavy atom. The van der Waals surface area contributed by atoms with Crippen LogP contribution in [0.25, 0.3) is 0 Å². The lowest BCUT2D eigenvalue weighted by molar-refractivity contribution is 0.183. The number of nitrogens with one attached hydrogen (secondary N) is 1. The summed E-state index contributed by atoms with van der Waals surface area (Å²) >= 11 is 0. The normalized spacial score (nSPS) is 24.1. The van der Waals surface area contributed by atoms with E-state index in [0.717, 1.165) is 19.3 Å². The topological polar surface area (TPSA) is 75.1 Å².